The van der Waals surface area contributed by atoms with E-state index >= 15 is 0 Å². The van der Waals surface area contributed by atoms with Crippen LogP contribution in [0.5, 0.6) is 0 Å². The van der Waals surface area contributed by atoms with Crippen LogP contribution in [0.3, 0.4) is 0 Å². The molecule has 7 nitrogen and oxygen atoms in total. The monoisotopic (exact) mass is 489 g/mol. The molecule has 9 heteroatoms. The van der Waals surface area contributed by atoms with E-state index in [9.17, 15) is 9.59 Å². The zero-order chi connectivity index (χ0) is 23.4. The second-order valence-electron chi connectivity index (χ2n) is 9.28. The van der Waals surface area contributed by atoms with Crippen molar-refractivity contribution in [3.05, 3.63) is 31.7 Å². The van der Waals surface area contributed by atoms with Gasteiger partial charge < -0.3 is 15.1 Å². The molecule has 0 saturated carbocycles. The van der Waals surface area contributed by atoms with Crippen molar-refractivity contribution in [2.24, 2.45) is 0 Å². The van der Waals surface area contributed by atoms with Gasteiger partial charge in [-0.05, 0) is 59.4 Å². The van der Waals surface area contributed by atoms with E-state index in [1.807, 2.05) is 24.1 Å². The zero-order valence-electron chi connectivity index (χ0n) is 19.9. The number of piperidine rings is 2. The highest BCUT2D eigenvalue weighted by Gasteiger charge is 2.28. The number of rotatable bonds is 7. The minimum Gasteiger partial charge on any atom is -0.351 e. The van der Waals surface area contributed by atoms with Gasteiger partial charge in [-0.2, -0.15) is 0 Å². The fourth-order valence-electron chi connectivity index (χ4n) is 4.85. The van der Waals surface area contributed by atoms with Crippen molar-refractivity contribution in [2.75, 3.05) is 32.7 Å². The maximum absolute atomic E-state index is 12.8. The molecule has 2 aromatic heterocycles. The van der Waals surface area contributed by atoms with E-state index in [1.54, 1.807) is 11.3 Å². The second-order valence-corrected chi connectivity index (χ2v) is 11.4. The number of hydrogen-bond donors (Lipinski definition) is 1. The van der Waals surface area contributed by atoms with Gasteiger partial charge in [0.2, 0.25) is 0 Å². The molecule has 0 spiro atoms. The summed E-state index contributed by atoms with van der Waals surface area (Å²) in [6.07, 6.45) is 6.64. The quantitative estimate of drug-likeness (QED) is 0.589. The smallest absolute Gasteiger partial charge is 0.270 e. The second kappa shape index (κ2) is 11.1. The lowest BCUT2D eigenvalue weighted by Crippen LogP contribution is -2.39. The van der Waals surface area contributed by atoms with E-state index in [2.05, 4.69) is 27.1 Å². The van der Waals surface area contributed by atoms with E-state index < -0.39 is 0 Å². The van der Waals surface area contributed by atoms with Crippen molar-refractivity contribution in [1.82, 2.24) is 25.1 Å². The number of nitrogens with one attached hydrogen (secondary N) is 1. The molecular weight excluding hydrogens is 454 g/mol. The first-order valence-electron chi connectivity index (χ1n) is 12.1. The van der Waals surface area contributed by atoms with Crippen LogP contribution in [-0.2, 0) is 0 Å². The van der Waals surface area contributed by atoms with Crippen molar-refractivity contribution in [1.29, 1.82) is 0 Å². The van der Waals surface area contributed by atoms with E-state index in [1.165, 1.54) is 37.1 Å². The average Bonchev–Trinajstić information content (AvgIpc) is 3.44. The van der Waals surface area contributed by atoms with Gasteiger partial charge >= 0.3 is 0 Å². The van der Waals surface area contributed by atoms with E-state index in [0.29, 0.717) is 24.2 Å². The van der Waals surface area contributed by atoms with Crippen LogP contribution in [-0.4, -0.2) is 70.3 Å². The maximum atomic E-state index is 12.8. The molecule has 0 aliphatic carbocycles. The Morgan fingerprint density at radius 1 is 1.12 bits per heavy atom. The fraction of sp³-hybridized carbons (Fsp3) is 0.667. The lowest BCUT2D eigenvalue weighted by atomic mass is 9.97. The minimum absolute atomic E-state index is 0.0761. The van der Waals surface area contributed by atoms with Crippen molar-refractivity contribution < 1.29 is 9.59 Å². The lowest BCUT2D eigenvalue weighted by Gasteiger charge is -2.33. The first-order chi connectivity index (χ1) is 15.9. The number of nitrogens with zero attached hydrogens (tertiary/aromatic N) is 4. The van der Waals surface area contributed by atoms with Crippen LogP contribution in [0.4, 0.5) is 0 Å². The molecule has 1 atom stereocenters. The van der Waals surface area contributed by atoms with Crippen LogP contribution in [0.1, 0.15) is 87.2 Å². The summed E-state index contributed by atoms with van der Waals surface area (Å²) in [4.78, 5) is 39.6. The standard InChI is InChI=1S/C24H35N5O2S2/c1-16-7-4-5-11-28(16)12-6-10-25-22(30)20-15-32-23(27-20)19-8-13-29(14-9-19)24(31)21-17(2)26-18(3)33-21/h15-16,19H,4-14H2,1-3H3,(H,25,30). The minimum atomic E-state index is -0.0761. The Kier molecular flexibility index (Phi) is 8.14. The van der Waals surface area contributed by atoms with Gasteiger partial charge in [0.05, 0.1) is 15.7 Å². The summed E-state index contributed by atoms with van der Waals surface area (Å²) >= 11 is 3.04. The van der Waals surface area contributed by atoms with Crippen molar-refractivity contribution in [3.63, 3.8) is 0 Å². The predicted molar refractivity (Wildman–Crippen MR) is 133 cm³/mol. The molecule has 2 aliphatic rings. The number of likely N-dealkylation sites (tertiary alicyclic amines) is 2. The van der Waals surface area contributed by atoms with Crippen LogP contribution < -0.4 is 5.32 Å². The Morgan fingerprint density at radius 2 is 1.91 bits per heavy atom. The summed E-state index contributed by atoms with van der Waals surface area (Å²) in [6.45, 7) is 10.5. The first kappa shape index (κ1) is 24.3. The molecule has 0 bridgehead atoms. The highest BCUT2D eigenvalue weighted by atomic mass is 32.1. The van der Waals surface area contributed by atoms with Crippen LogP contribution in [0.25, 0.3) is 0 Å². The molecule has 4 rings (SSSR count). The molecule has 2 aliphatic heterocycles. The van der Waals surface area contributed by atoms with Gasteiger partial charge in [0.15, 0.2) is 0 Å². The SMILES string of the molecule is Cc1nc(C)c(C(=O)N2CCC(c3nc(C(=O)NCCCN4CCCCC4C)cs3)CC2)s1. The van der Waals surface area contributed by atoms with Crippen molar-refractivity contribution in [3.8, 4) is 0 Å². The summed E-state index contributed by atoms with van der Waals surface area (Å²) in [5.74, 6) is 0.327. The molecule has 180 valence electrons. The molecule has 2 saturated heterocycles. The largest absolute Gasteiger partial charge is 0.351 e. The molecule has 2 amide bonds. The molecule has 2 aromatic rings. The lowest BCUT2D eigenvalue weighted by molar-refractivity contribution is 0.0717. The number of aromatic nitrogens is 2. The highest BCUT2D eigenvalue weighted by Crippen LogP contribution is 2.31. The van der Waals surface area contributed by atoms with Gasteiger partial charge in [0.1, 0.15) is 10.6 Å². The van der Waals surface area contributed by atoms with Gasteiger partial charge in [0.25, 0.3) is 11.8 Å². The molecule has 1 N–H and O–H groups in total. The van der Waals surface area contributed by atoms with Crippen molar-refractivity contribution >= 4 is 34.5 Å². The molecule has 4 heterocycles. The normalized spacial score (nSPS) is 20.2. The van der Waals surface area contributed by atoms with Gasteiger partial charge in [0, 0.05) is 43.5 Å². The summed E-state index contributed by atoms with van der Waals surface area (Å²) in [6, 6.07) is 0.660. The summed E-state index contributed by atoms with van der Waals surface area (Å²) in [7, 11) is 0. The number of amides is 2. The third-order valence-corrected chi connectivity index (χ3v) is 8.90. The predicted octanol–water partition coefficient (Wildman–Crippen LogP) is 4.23. The van der Waals surface area contributed by atoms with Crippen LogP contribution in [0.15, 0.2) is 5.38 Å². The maximum Gasteiger partial charge on any atom is 0.270 e. The van der Waals surface area contributed by atoms with Gasteiger partial charge in [-0.1, -0.05) is 6.42 Å². The summed E-state index contributed by atoms with van der Waals surface area (Å²) in [5, 5.41) is 6.86. The number of carbonyl (C=O) groups excluding carboxylic acids is 2. The Bertz CT molecular complexity index is 964. The third kappa shape index (κ3) is 6.00. The van der Waals surface area contributed by atoms with Gasteiger partial charge in [-0.25, -0.2) is 9.97 Å². The van der Waals surface area contributed by atoms with Crippen molar-refractivity contribution in [2.45, 2.75) is 71.3 Å². The Balaban J connectivity index is 1.22. The van der Waals surface area contributed by atoms with Gasteiger partial charge in [-0.3, -0.25) is 9.59 Å². The number of carbonyl (C=O) groups is 2. The van der Waals surface area contributed by atoms with Gasteiger partial charge in [-0.15, -0.1) is 22.7 Å². The zero-order valence-corrected chi connectivity index (χ0v) is 21.6. The van der Waals surface area contributed by atoms with Crippen LogP contribution in [0.2, 0.25) is 0 Å². The van der Waals surface area contributed by atoms with Crippen LogP contribution >= 0.6 is 22.7 Å². The average molecular weight is 490 g/mol. The third-order valence-electron chi connectivity index (χ3n) is 6.83. The summed E-state index contributed by atoms with van der Waals surface area (Å²) < 4.78 is 0. The molecule has 0 radical (unpaired) electrons. The fourth-order valence-corrected chi connectivity index (χ4v) is 6.71. The molecule has 1 unspecified atom stereocenters. The Hall–Kier alpha value is -1.84. The molecule has 0 aromatic carbocycles. The number of aryl methyl sites for hydroxylation is 2. The highest BCUT2D eigenvalue weighted by molar-refractivity contribution is 7.13. The van der Waals surface area contributed by atoms with Crippen LogP contribution in [0, 0.1) is 13.8 Å². The molecule has 33 heavy (non-hydrogen) atoms. The molecular formula is C24H35N5O2S2. The van der Waals surface area contributed by atoms with E-state index in [4.69, 9.17) is 0 Å². The number of hydrogen-bond acceptors (Lipinski definition) is 7. The Labute approximate surface area is 204 Å². The molecule has 2 fully saturated rings. The Morgan fingerprint density at radius 3 is 2.61 bits per heavy atom. The first-order valence-corrected chi connectivity index (χ1v) is 13.8. The summed E-state index contributed by atoms with van der Waals surface area (Å²) in [5.41, 5.74) is 1.35. The topological polar surface area (TPSA) is 78.4 Å². The number of thiazole rings is 2. The van der Waals surface area contributed by atoms with E-state index in [-0.39, 0.29) is 11.8 Å². The van der Waals surface area contributed by atoms with E-state index in [0.717, 1.165) is 59.5 Å².